The van der Waals surface area contributed by atoms with Gasteiger partial charge in [0.2, 0.25) is 5.95 Å². The van der Waals surface area contributed by atoms with Crippen LogP contribution in [0.25, 0.3) is 0 Å². The maximum Gasteiger partial charge on any atom is 0.316 e. The molecule has 4 aromatic rings. The van der Waals surface area contributed by atoms with E-state index in [0.717, 1.165) is 17.5 Å². The Morgan fingerprint density at radius 2 is 1.62 bits per heavy atom. The van der Waals surface area contributed by atoms with Gasteiger partial charge in [-0.3, -0.25) is 4.79 Å². The third kappa shape index (κ3) is 5.94. The fourth-order valence-corrected chi connectivity index (χ4v) is 3.26. The second-order valence-electron chi connectivity index (χ2n) is 7.68. The Bertz CT molecular complexity index is 1280. The second kappa shape index (κ2) is 10.6. The minimum absolute atomic E-state index is 0.280. The van der Waals surface area contributed by atoms with Crippen molar-refractivity contribution in [3.63, 3.8) is 0 Å². The van der Waals surface area contributed by atoms with Gasteiger partial charge in [-0.05, 0) is 53.9 Å². The predicted molar refractivity (Wildman–Crippen MR) is 126 cm³/mol. The highest BCUT2D eigenvalue weighted by molar-refractivity contribution is 5.34. The van der Waals surface area contributed by atoms with E-state index >= 15 is 0 Å². The van der Waals surface area contributed by atoms with Crippen molar-refractivity contribution in [2.45, 2.75) is 12.8 Å². The summed E-state index contributed by atoms with van der Waals surface area (Å²) in [6.45, 7) is 0.659. The van der Waals surface area contributed by atoms with Crippen LogP contribution in [0, 0.1) is 5.82 Å². The van der Waals surface area contributed by atoms with E-state index in [2.05, 4.69) is 19.9 Å². The van der Waals surface area contributed by atoms with E-state index in [4.69, 9.17) is 9.47 Å². The highest BCUT2D eigenvalue weighted by atomic mass is 19.1. The quantitative estimate of drug-likeness (QED) is 0.406. The van der Waals surface area contributed by atoms with Gasteiger partial charge in [-0.2, -0.15) is 4.98 Å². The number of halogens is 1. The molecule has 0 atom stereocenters. The Morgan fingerprint density at radius 1 is 0.971 bits per heavy atom. The van der Waals surface area contributed by atoms with E-state index in [-0.39, 0.29) is 17.4 Å². The molecular weight excluding hydrogens is 437 g/mol. The molecular formula is C25H24FN5O3. The first kappa shape index (κ1) is 22.9. The number of H-pyrrole nitrogens is 1. The van der Waals surface area contributed by atoms with Gasteiger partial charge >= 0.3 is 6.01 Å². The van der Waals surface area contributed by atoms with Crippen molar-refractivity contribution in [2.24, 2.45) is 0 Å². The van der Waals surface area contributed by atoms with Gasteiger partial charge in [0, 0.05) is 44.2 Å². The van der Waals surface area contributed by atoms with Gasteiger partial charge in [0.1, 0.15) is 17.3 Å². The summed E-state index contributed by atoms with van der Waals surface area (Å²) in [7, 11) is 3.37. The normalized spacial score (nSPS) is 10.7. The molecule has 34 heavy (non-hydrogen) atoms. The van der Waals surface area contributed by atoms with Crippen molar-refractivity contribution in [2.75, 3.05) is 25.6 Å². The molecule has 0 radical (unpaired) electrons. The highest BCUT2D eigenvalue weighted by Crippen LogP contribution is 2.22. The molecule has 8 nitrogen and oxygen atoms in total. The summed E-state index contributed by atoms with van der Waals surface area (Å²) in [5, 5.41) is 0. The van der Waals surface area contributed by atoms with Gasteiger partial charge in [0.25, 0.3) is 5.56 Å². The van der Waals surface area contributed by atoms with Gasteiger partial charge in [0.15, 0.2) is 0 Å². The Hall–Kier alpha value is -4.27. The minimum Gasteiger partial charge on any atom is -0.467 e. The van der Waals surface area contributed by atoms with Crippen LogP contribution in [0.1, 0.15) is 16.7 Å². The van der Waals surface area contributed by atoms with Gasteiger partial charge in [-0.1, -0.05) is 12.1 Å². The largest absolute Gasteiger partial charge is 0.467 e. The maximum absolute atomic E-state index is 13.0. The van der Waals surface area contributed by atoms with Crippen molar-refractivity contribution in [1.82, 2.24) is 19.9 Å². The molecule has 2 aromatic carbocycles. The molecule has 0 aliphatic rings. The predicted octanol–water partition coefficient (Wildman–Crippen LogP) is 3.77. The van der Waals surface area contributed by atoms with E-state index in [1.807, 2.05) is 36.2 Å². The number of likely N-dealkylation sites (N-methyl/N-ethyl adjacent to an activating group) is 1. The number of hydrogen-bond acceptors (Lipinski definition) is 7. The Morgan fingerprint density at radius 3 is 2.24 bits per heavy atom. The SMILES string of the molecule is COc1ncc(Cc2c[nH]c(N(C)CCc3ccc(Oc4ccc(F)cc4)cc3)nc2=O)cn1. The van der Waals surface area contributed by atoms with E-state index in [9.17, 15) is 9.18 Å². The summed E-state index contributed by atoms with van der Waals surface area (Å²) in [4.78, 5) is 29.8. The summed E-state index contributed by atoms with van der Waals surface area (Å²) in [5.41, 5.74) is 2.14. The van der Waals surface area contributed by atoms with Crippen molar-refractivity contribution in [1.29, 1.82) is 0 Å². The fourth-order valence-electron chi connectivity index (χ4n) is 3.26. The second-order valence-corrected chi connectivity index (χ2v) is 7.68. The lowest BCUT2D eigenvalue weighted by molar-refractivity contribution is 0.379. The fraction of sp³-hybridized carbons (Fsp3) is 0.200. The first-order chi connectivity index (χ1) is 16.5. The van der Waals surface area contributed by atoms with Crippen molar-refractivity contribution >= 4 is 5.95 Å². The molecule has 2 heterocycles. The summed E-state index contributed by atoms with van der Waals surface area (Å²) in [5.74, 6) is 1.44. The highest BCUT2D eigenvalue weighted by Gasteiger charge is 2.09. The molecule has 0 fully saturated rings. The number of anilines is 1. The van der Waals surface area contributed by atoms with Crippen LogP contribution >= 0.6 is 0 Å². The summed E-state index contributed by atoms with van der Waals surface area (Å²) < 4.78 is 23.7. The summed E-state index contributed by atoms with van der Waals surface area (Å²) in [6.07, 6.45) is 6.06. The molecule has 0 spiro atoms. The Labute approximate surface area is 196 Å². The van der Waals surface area contributed by atoms with Crippen LogP contribution in [0.15, 0.2) is 71.9 Å². The summed E-state index contributed by atoms with van der Waals surface area (Å²) in [6, 6.07) is 13.9. The lowest BCUT2D eigenvalue weighted by Crippen LogP contribution is -2.26. The first-order valence-corrected chi connectivity index (χ1v) is 10.7. The Balaban J connectivity index is 1.32. The number of rotatable bonds is 9. The molecule has 9 heteroatoms. The monoisotopic (exact) mass is 461 g/mol. The number of benzene rings is 2. The van der Waals surface area contributed by atoms with Gasteiger partial charge < -0.3 is 19.4 Å². The number of nitrogens with zero attached hydrogens (tertiary/aromatic N) is 4. The zero-order valence-electron chi connectivity index (χ0n) is 18.9. The third-order valence-corrected chi connectivity index (χ3v) is 5.19. The minimum atomic E-state index is -0.302. The molecule has 0 bridgehead atoms. The van der Waals surface area contributed by atoms with Crippen LogP contribution in [0.5, 0.6) is 17.5 Å². The molecule has 0 aliphatic carbocycles. The Kier molecular flexibility index (Phi) is 7.12. The zero-order valence-corrected chi connectivity index (χ0v) is 18.9. The zero-order chi connectivity index (χ0) is 23.9. The van der Waals surface area contributed by atoms with E-state index in [1.165, 1.54) is 19.2 Å². The molecule has 4 rings (SSSR count). The van der Waals surface area contributed by atoms with Crippen LogP contribution in [0.3, 0.4) is 0 Å². The molecule has 0 saturated heterocycles. The third-order valence-electron chi connectivity index (χ3n) is 5.19. The van der Waals surface area contributed by atoms with Crippen LogP contribution in [0.4, 0.5) is 10.3 Å². The van der Waals surface area contributed by atoms with E-state index in [0.29, 0.717) is 36.0 Å². The van der Waals surface area contributed by atoms with Crippen LogP contribution in [-0.4, -0.2) is 40.6 Å². The smallest absolute Gasteiger partial charge is 0.316 e. The molecule has 174 valence electrons. The van der Waals surface area contributed by atoms with Gasteiger partial charge in [-0.25, -0.2) is 14.4 Å². The molecule has 0 unspecified atom stereocenters. The standard InChI is InChI=1S/C25H24FN5O3/c1-31(12-11-17-3-7-21(8-4-17)34-22-9-5-20(26)6-10-22)24-27-16-19(23(32)30-24)13-18-14-28-25(33-2)29-15-18/h3-10,14-16H,11-13H2,1-2H3,(H,27,30,32). The molecule has 0 saturated carbocycles. The first-order valence-electron chi connectivity index (χ1n) is 10.7. The molecule has 0 amide bonds. The van der Waals surface area contributed by atoms with Crippen molar-refractivity contribution in [3.8, 4) is 17.5 Å². The topological polar surface area (TPSA) is 93.2 Å². The lowest BCUT2D eigenvalue weighted by Gasteiger charge is -2.17. The van der Waals surface area contributed by atoms with Crippen LogP contribution < -0.4 is 19.9 Å². The number of aromatic amines is 1. The molecule has 2 aromatic heterocycles. The lowest BCUT2D eigenvalue weighted by atomic mass is 10.1. The van der Waals surface area contributed by atoms with Crippen molar-refractivity contribution in [3.05, 3.63) is 100.0 Å². The number of nitrogens with one attached hydrogen (secondary N) is 1. The molecule has 0 aliphatic heterocycles. The average Bonchev–Trinajstić information content (AvgIpc) is 2.86. The van der Waals surface area contributed by atoms with Crippen LogP contribution in [-0.2, 0) is 12.8 Å². The number of hydrogen-bond donors (Lipinski definition) is 1. The van der Waals surface area contributed by atoms with Crippen molar-refractivity contribution < 1.29 is 13.9 Å². The maximum atomic E-state index is 13.0. The average molecular weight is 461 g/mol. The van der Waals surface area contributed by atoms with Crippen LogP contribution in [0.2, 0.25) is 0 Å². The van der Waals surface area contributed by atoms with Gasteiger partial charge in [0.05, 0.1) is 7.11 Å². The van der Waals surface area contributed by atoms with E-state index < -0.39 is 0 Å². The number of ether oxygens (including phenoxy) is 2. The van der Waals surface area contributed by atoms with Gasteiger partial charge in [-0.15, -0.1) is 0 Å². The van der Waals surface area contributed by atoms with E-state index in [1.54, 1.807) is 30.7 Å². The summed E-state index contributed by atoms with van der Waals surface area (Å²) >= 11 is 0. The number of aromatic nitrogens is 4. The molecule has 1 N–H and O–H groups in total. The number of methoxy groups -OCH3 is 1.